The van der Waals surface area contributed by atoms with Crippen LogP contribution in [0.1, 0.15) is 43.1 Å². The molecule has 2 atom stereocenters. The first-order chi connectivity index (χ1) is 9.40. The van der Waals surface area contributed by atoms with Crippen LogP contribution in [0.15, 0.2) is 12.1 Å². The van der Waals surface area contributed by atoms with E-state index in [1.165, 1.54) is 21.1 Å². The minimum atomic E-state index is -1.21. The van der Waals surface area contributed by atoms with Gasteiger partial charge >= 0.3 is 5.97 Å². The predicted molar refractivity (Wildman–Crippen MR) is 72.9 cm³/mol. The van der Waals surface area contributed by atoms with Crippen molar-refractivity contribution in [3.63, 3.8) is 0 Å². The van der Waals surface area contributed by atoms with Gasteiger partial charge in [-0.25, -0.2) is 4.39 Å². The van der Waals surface area contributed by atoms with E-state index in [-0.39, 0.29) is 12.8 Å². The molecule has 1 rings (SSSR count). The lowest BCUT2D eigenvalue weighted by molar-refractivity contribution is -0.137. The number of rotatable bonds is 7. The summed E-state index contributed by atoms with van der Waals surface area (Å²) in [5.41, 5.74) is 6.96. The van der Waals surface area contributed by atoms with Crippen LogP contribution in [0, 0.1) is 0 Å². The van der Waals surface area contributed by atoms with E-state index in [1.54, 1.807) is 12.1 Å². The van der Waals surface area contributed by atoms with Gasteiger partial charge in [0.1, 0.15) is 17.7 Å². The van der Waals surface area contributed by atoms with Crippen LogP contribution in [0.25, 0.3) is 0 Å². The van der Waals surface area contributed by atoms with Crippen molar-refractivity contribution in [2.24, 2.45) is 5.73 Å². The topological polar surface area (TPSA) is 81.8 Å². The molecule has 1 aromatic carbocycles. The van der Waals surface area contributed by atoms with Crippen molar-refractivity contribution in [2.75, 3.05) is 14.2 Å². The van der Waals surface area contributed by atoms with E-state index in [4.69, 9.17) is 20.3 Å². The van der Waals surface area contributed by atoms with Gasteiger partial charge in [-0.15, -0.1) is 0 Å². The number of carboxylic acids is 1. The first kappa shape index (κ1) is 16.2. The van der Waals surface area contributed by atoms with Gasteiger partial charge in [-0.2, -0.15) is 0 Å². The molecule has 0 amide bonds. The maximum Gasteiger partial charge on any atom is 0.303 e. The Labute approximate surface area is 117 Å². The zero-order chi connectivity index (χ0) is 15.3. The number of carbonyl (C=O) groups is 1. The van der Waals surface area contributed by atoms with Crippen LogP contribution in [-0.4, -0.2) is 25.3 Å². The third kappa shape index (κ3) is 3.84. The molecule has 0 radical (unpaired) electrons. The van der Waals surface area contributed by atoms with E-state index in [0.29, 0.717) is 22.6 Å². The number of alkyl halides is 1. The molecule has 0 aromatic heterocycles. The normalized spacial score (nSPS) is 13.7. The number of methoxy groups -OCH3 is 2. The van der Waals surface area contributed by atoms with Crippen molar-refractivity contribution in [3.05, 3.63) is 23.3 Å². The lowest BCUT2D eigenvalue weighted by Gasteiger charge is -2.19. The average Bonchev–Trinajstić information content (AvgIpc) is 2.42. The summed E-state index contributed by atoms with van der Waals surface area (Å²) in [5.74, 6) is -0.106. The fourth-order valence-corrected chi connectivity index (χ4v) is 1.98. The Morgan fingerprint density at radius 1 is 1.30 bits per heavy atom. The van der Waals surface area contributed by atoms with Gasteiger partial charge in [0.25, 0.3) is 0 Å². The van der Waals surface area contributed by atoms with Crippen molar-refractivity contribution in [3.8, 4) is 11.5 Å². The van der Waals surface area contributed by atoms with Gasteiger partial charge in [-0.05, 0) is 25.5 Å². The highest BCUT2D eigenvalue weighted by Crippen LogP contribution is 2.37. The molecule has 0 aliphatic carbocycles. The highest BCUT2D eigenvalue weighted by Gasteiger charge is 2.19. The Balaban J connectivity index is 3.14. The molecule has 0 heterocycles. The highest BCUT2D eigenvalue weighted by atomic mass is 19.1. The number of ether oxygens (including phenoxy) is 2. The minimum Gasteiger partial charge on any atom is -0.496 e. The predicted octanol–water partition coefficient (Wildman–Crippen LogP) is 2.60. The van der Waals surface area contributed by atoms with Crippen molar-refractivity contribution in [2.45, 2.75) is 32.0 Å². The highest BCUT2D eigenvalue weighted by molar-refractivity contribution is 5.66. The maximum absolute atomic E-state index is 13.5. The zero-order valence-corrected chi connectivity index (χ0v) is 11.9. The standard InChI is InChI=1S/C14H20FNO4/c1-8(15)9-6-13(20-3)10(7-12(9)19-2)11(16)4-5-14(17)18/h6-8,11H,4-5,16H2,1-3H3,(H,17,18). The summed E-state index contributed by atoms with van der Waals surface area (Å²) in [5, 5.41) is 8.69. The lowest BCUT2D eigenvalue weighted by Crippen LogP contribution is -2.14. The quantitative estimate of drug-likeness (QED) is 0.804. The van der Waals surface area contributed by atoms with E-state index >= 15 is 0 Å². The fourth-order valence-electron chi connectivity index (χ4n) is 1.98. The third-order valence-electron chi connectivity index (χ3n) is 3.08. The molecule has 3 N–H and O–H groups in total. The number of aliphatic carboxylic acids is 1. The molecule has 0 fully saturated rings. The zero-order valence-electron chi connectivity index (χ0n) is 11.9. The Morgan fingerprint density at radius 2 is 1.80 bits per heavy atom. The lowest BCUT2D eigenvalue weighted by atomic mass is 9.98. The Morgan fingerprint density at radius 3 is 2.25 bits per heavy atom. The number of carboxylic acid groups (broad SMARTS) is 1. The van der Waals surface area contributed by atoms with Gasteiger partial charge in [0, 0.05) is 23.6 Å². The second-order valence-electron chi connectivity index (χ2n) is 4.49. The van der Waals surface area contributed by atoms with Gasteiger partial charge in [0.15, 0.2) is 0 Å². The summed E-state index contributed by atoms with van der Waals surface area (Å²) in [6.07, 6.45) is -0.990. The SMILES string of the molecule is COc1cc(C(N)CCC(=O)O)c(OC)cc1C(C)F. The Hall–Kier alpha value is -1.82. The Kier molecular flexibility index (Phi) is 5.76. The summed E-state index contributed by atoms with van der Waals surface area (Å²) in [6.45, 7) is 1.40. The van der Waals surface area contributed by atoms with Crippen LogP contribution in [0.5, 0.6) is 11.5 Å². The van der Waals surface area contributed by atoms with Crippen LogP contribution in [0.4, 0.5) is 4.39 Å². The van der Waals surface area contributed by atoms with E-state index in [2.05, 4.69) is 0 Å². The summed E-state index contributed by atoms with van der Waals surface area (Å²) < 4.78 is 23.9. The molecule has 112 valence electrons. The van der Waals surface area contributed by atoms with E-state index in [0.717, 1.165) is 0 Å². The number of halogens is 1. The average molecular weight is 285 g/mol. The summed E-state index contributed by atoms with van der Waals surface area (Å²) in [4.78, 5) is 10.6. The van der Waals surface area contributed by atoms with Gasteiger partial charge in [0.05, 0.1) is 14.2 Å². The van der Waals surface area contributed by atoms with Gasteiger partial charge in [0.2, 0.25) is 0 Å². The smallest absolute Gasteiger partial charge is 0.303 e. The molecule has 0 aliphatic rings. The molecule has 0 saturated heterocycles. The monoisotopic (exact) mass is 285 g/mol. The first-order valence-corrected chi connectivity index (χ1v) is 6.28. The molecule has 0 aliphatic heterocycles. The molecular weight excluding hydrogens is 265 g/mol. The summed E-state index contributed by atoms with van der Waals surface area (Å²) in [6, 6.07) is 2.63. The van der Waals surface area contributed by atoms with Gasteiger partial charge in [-0.3, -0.25) is 4.79 Å². The molecule has 6 heteroatoms. The van der Waals surface area contributed by atoms with Crippen LogP contribution < -0.4 is 15.2 Å². The summed E-state index contributed by atoms with van der Waals surface area (Å²) >= 11 is 0. The van der Waals surface area contributed by atoms with Gasteiger partial charge < -0.3 is 20.3 Å². The van der Waals surface area contributed by atoms with Crippen molar-refractivity contribution in [1.29, 1.82) is 0 Å². The Bertz CT molecular complexity index is 476. The fraction of sp³-hybridized carbons (Fsp3) is 0.500. The van der Waals surface area contributed by atoms with E-state index in [1.807, 2.05) is 0 Å². The molecule has 2 unspecified atom stereocenters. The maximum atomic E-state index is 13.5. The van der Waals surface area contributed by atoms with Gasteiger partial charge in [-0.1, -0.05) is 0 Å². The second-order valence-corrected chi connectivity index (χ2v) is 4.49. The molecule has 1 aromatic rings. The van der Waals surface area contributed by atoms with Crippen LogP contribution in [0.2, 0.25) is 0 Å². The number of hydrogen-bond donors (Lipinski definition) is 2. The first-order valence-electron chi connectivity index (χ1n) is 6.28. The largest absolute Gasteiger partial charge is 0.496 e. The molecule has 0 spiro atoms. The van der Waals surface area contributed by atoms with Crippen LogP contribution in [0.3, 0.4) is 0 Å². The van der Waals surface area contributed by atoms with Crippen molar-refractivity contribution in [1.82, 2.24) is 0 Å². The molecule has 0 bridgehead atoms. The molecule has 20 heavy (non-hydrogen) atoms. The van der Waals surface area contributed by atoms with Crippen LogP contribution in [-0.2, 0) is 4.79 Å². The second kappa shape index (κ2) is 7.09. The number of benzene rings is 1. The minimum absolute atomic E-state index is 0.0477. The summed E-state index contributed by atoms with van der Waals surface area (Å²) in [7, 11) is 2.90. The van der Waals surface area contributed by atoms with Crippen molar-refractivity contribution < 1.29 is 23.8 Å². The van der Waals surface area contributed by atoms with E-state index < -0.39 is 18.2 Å². The molecular formula is C14H20FNO4. The third-order valence-corrected chi connectivity index (χ3v) is 3.08. The van der Waals surface area contributed by atoms with Crippen LogP contribution >= 0.6 is 0 Å². The molecule has 0 saturated carbocycles. The molecule has 5 nitrogen and oxygen atoms in total. The number of hydrogen-bond acceptors (Lipinski definition) is 4. The number of nitrogens with two attached hydrogens (primary N) is 1. The van der Waals surface area contributed by atoms with Crippen molar-refractivity contribution >= 4 is 5.97 Å². The van der Waals surface area contributed by atoms with E-state index in [9.17, 15) is 9.18 Å².